The number of nitrogens with one attached hydrogen (secondary N) is 1. The first-order chi connectivity index (χ1) is 8.62. The SMILES string of the molecule is CCC(CC)CNc1nc(C(=O)OC)ccc1N. The number of methoxy groups -OCH3 is 1. The third-order valence-electron chi connectivity index (χ3n) is 3.03. The number of aromatic nitrogens is 1. The zero-order chi connectivity index (χ0) is 13.5. The molecule has 0 bridgehead atoms. The van der Waals surface area contributed by atoms with Crippen LogP contribution in [0.5, 0.6) is 0 Å². The van der Waals surface area contributed by atoms with E-state index in [1.807, 2.05) is 0 Å². The molecule has 0 saturated heterocycles. The highest BCUT2D eigenvalue weighted by Gasteiger charge is 2.11. The van der Waals surface area contributed by atoms with Gasteiger partial charge in [0.25, 0.3) is 0 Å². The van der Waals surface area contributed by atoms with Crippen molar-refractivity contribution in [1.29, 1.82) is 0 Å². The smallest absolute Gasteiger partial charge is 0.356 e. The Morgan fingerprint density at radius 3 is 2.67 bits per heavy atom. The van der Waals surface area contributed by atoms with Crippen LogP contribution in [-0.2, 0) is 4.74 Å². The van der Waals surface area contributed by atoms with Gasteiger partial charge in [-0.25, -0.2) is 9.78 Å². The molecule has 0 aliphatic rings. The molecule has 0 amide bonds. The fraction of sp³-hybridized carbons (Fsp3) is 0.538. The van der Waals surface area contributed by atoms with Gasteiger partial charge in [-0.05, 0) is 18.1 Å². The van der Waals surface area contributed by atoms with Crippen LogP contribution >= 0.6 is 0 Å². The molecule has 1 aromatic heterocycles. The van der Waals surface area contributed by atoms with Gasteiger partial charge in [0.05, 0.1) is 12.8 Å². The predicted molar refractivity (Wildman–Crippen MR) is 72.6 cm³/mol. The molecular weight excluding hydrogens is 230 g/mol. The third kappa shape index (κ3) is 3.61. The number of hydrogen-bond acceptors (Lipinski definition) is 5. The molecule has 0 aromatic carbocycles. The maximum Gasteiger partial charge on any atom is 0.356 e. The van der Waals surface area contributed by atoms with E-state index in [0.29, 0.717) is 17.4 Å². The van der Waals surface area contributed by atoms with Crippen molar-refractivity contribution in [2.24, 2.45) is 5.92 Å². The highest BCUT2D eigenvalue weighted by atomic mass is 16.5. The lowest BCUT2D eigenvalue weighted by atomic mass is 10.0. The summed E-state index contributed by atoms with van der Waals surface area (Å²) in [6.45, 7) is 5.10. The van der Waals surface area contributed by atoms with Crippen molar-refractivity contribution in [3.8, 4) is 0 Å². The Balaban J connectivity index is 2.78. The zero-order valence-electron chi connectivity index (χ0n) is 11.2. The minimum absolute atomic E-state index is 0.263. The number of nitrogen functional groups attached to an aromatic ring is 1. The van der Waals surface area contributed by atoms with Gasteiger partial charge in [0.15, 0.2) is 5.69 Å². The molecule has 1 aromatic rings. The Morgan fingerprint density at radius 2 is 2.11 bits per heavy atom. The minimum atomic E-state index is -0.458. The summed E-state index contributed by atoms with van der Waals surface area (Å²) < 4.78 is 4.63. The lowest BCUT2D eigenvalue weighted by molar-refractivity contribution is 0.0594. The molecule has 100 valence electrons. The van der Waals surface area contributed by atoms with E-state index in [9.17, 15) is 4.79 Å². The highest BCUT2D eigenvalue weighted by molar-refractivity contribution is 5.88. The normalized spacial score (nSPS) is 10.4. The maximum absolute atomic E-state index is 11.4. The molecule has 5 heteroatoms. The van der Waals surface area contributed by atoms with Crippen molar-refractivity contribution >= 4 is 17.5 Å². The van der Waals surface area contributed by atoms with Crippen LogP contribution < -0.4 is 11.1 Å². The van der Waals surface area contributed by atoms with Gasteiger partial charge in [-0.15, -0.1) is 0 Å². The number of hydrogen-bond donors (Lipinski definition) is 2. The van der Waals surface area contributed by atoms with Gasteiger partial charge < -0.3 is 15.8 Å². The number of rotatable bonds is 6. The molecule has 18 heavy (non-hydrogen) atoms. The summed E-state index contributed by atoms with van der Waals surface area (Å²) in [4.78, 5) is 15.5. The molecule has 0 saturated carbocycles. The average Bonchev–Trinajstić information content (AvgIpc) is 2.40. The number of carbonyl (C=O) groups is 1. The Hall–Kier alpha value is -1.78. The highest BCUT2D eigenvalue weighted by Crippen LogP contribution is 2.17. The van der Waals surface area contributed by atoms with Gasteiger partial charge in [-0.1, -0.05) is 26.7 Å². The second-order valence-electron chi connectivity index (χ2n) is 4.19. The molecule has 5 nitrogen and oxygen atoms in total. The summed E-state index contributed by atoms with van der Waals surface area (Å²) >= 11 is 0. The first-order valence-electron chi connectivity index (χ1n) is 6.21. The van der Waals surface area contributed by atoms with Crippen LogP contribution in [0.1, 0.15) is 37.2 Å². The molecule has 0 atom stereocenters. The second-order valence-corrected chi connectivity index (χ2v) is 4.19. The Kier molecular flexibility index (Phi) is 5.42. The van der Waals surface area contributed by atoms with Gasteiger partial charge in [0.1, 0.15) is 5.82 Å². The number of carbonyl (C=O) groups excluding carboxylic acids is 1. The molecule has 0 aliphatic heterocycles. The summed E-state index contributed by atoms with van der Waals surface area (Å²) in [5, 5.41) is 3.19. The van der Waals surface area contributed by atoms with Crippen molar-refractivity contribution in [3.05, 3.63) is 17.8 Å². The van der Waals surface area contributed by atoms with E-state index in [4.69, 9.17) is 5.73 Å². The van der Waals surface area contributed by atoms with E-state index in [0.717, 1.165) is 19.4 Å². The van der Waals surface area contributed by atoms with Crippen molar-refractivity contribution in [2.45, 2.75) is 26.7 Å². The molecule has 0 spiro atoms. The molecular formula is C13H21N3O2. The fourth-order valence-corrected chi connectivity index (χ4v) is 1.65. The summed E-state index contributed by atoms with van der Waals surface area (Å²) in [5.41, 5.74) is 6.62. The quantitative estimate of drug-likeness (QED) is 0.758. The van der Waals surface area contributed by atoms with E-state index < -0.39 is 5.97 Å². The zero-order valence-corrected chi connectivity index (χ0v) is 11.2. The standard InChI is InChI=1S/C13H21N3O2/c1-4-9(5-2)8-15-12-10(14)6-7-11(16-12)13(17)18-3/h6-7,9H,4-5,8,14H2,1-3H3,(H,15,16). The lowest BCUT2D eigenvalue weighted by Crippen LogP contribution is -2.16. The Morgan fingerprint density at radius 1 is 1.44 bits per heavy atom. The fourth-order valence-electron chi connectivity index (χ4n) is 1.65. The Labute approximate surface area is 108 Å². The Bertz CT molecular complexity index is 403. The van der Waals surface area contributed by atoms with Crippen molar-refractivity contribution in [1.82, 2.24) is 4.98 Å². The van der Waals surface area contributed by atoms with E-state index in [1.54, 1.807) is 12.1 Å². The van der Waals surface area contributed by atoms with E-state index in [-0.39, 0.29) is 5.69 Å². The summed E-state index contributed by atoms with van der Waals surface area (Å²) in [7, 11) is 1.33. The van der Waals surface area contributed by atoms with Crippen molar-refractivity contribution in [3.63, 3.8) is 0 Å². The second kappa shape index (κ2) is 6.83. The number of esters is 1. The molecule has 1 heterocycles. The van der Waals surface area contributed by atoms with Crippen LogP contribution in [0.4, 0.5) is 11.5 Å². The van der Waals surface area contributed by atoms with Crippen LogP contribution in [0.3, 0.4) is 0 Å². The molecule has 3 N–H and O–H groups in total. The molecule has 0 unspecified atom stereocenters. The average molecular weight is 251 g/mol. The largest absolute Gasteiger partial charge is 0.464 e. The minimum Gasteiger partial charge on any atom is -0.464 e. The third-order valence-corrected chi connectivity index (χ3v) is 3.03. The lowest BCUT2D eigenvalue weighted by Gasteiger charge is -2.15. The van der Waals surface area contributed by atoms with Crippen LogP contribution in [-0.4, -0.2) is 24.6 Å². The van der Waals surface area contributed by atoms with E-state index in [1.165, 1.54) is 7.11 Å². The molecule has 0 aliphatic carbocycles. The van der Waals surface area contributed by atoms with Gasteiger partial charge in [-0.3, -0.25) is 0 Å². The first-order valence-corrected chi connectivity index (χ1v) is 6.21. The predicted octanol–water partition coefficient (Wildman–Crippen LogP) is 2.30. The number of pyridine rings is 1. The van der Waals surface area contributed by atoms with E-state index in [2.05, 4.69) is 28.9 Å². The molecule has 0 fully saturated rings. The van der Waals surface area contributed by atoms with Crippen LogP contribution in [0.2, 0.25) is 0 Å². The molecule has 0 radical (unpaired) electrons. The van der Waals surface area contributed by atoms with Gasteiger partial charge in [-0.2, -0.15) is 0 Å². The van der Waals surface area contributed by atoms with Crippen LogP contribution in [0.15, 0.2) is 12.1 Å². The number of ether oxygens (including phenoxy) is 1. The first kappa shape index (κ1) is 14.3. The van der Waals surface area contributed by atoms with Crippen LogP contribution in [0.25, 0.3) is 0 Å². The van der Waals surface area contributed by atoms with Crippen molar-refractivity contribution in [2.75, 3.05) is 24.7 Å². The summed E-state index contributed by atoms with van der Waals surface area (Å²) in [6.07, 6.45) is 2.19. The van der Waals surface area contributed by atoms with Crippen molar-refractivity contribution < 1.29 is 9.53 Å². The number of nitrogens with zero attached hydrogens (tertiary/aromatic N) is 1. The maximum atomic E-state index is 11.4. The topological polar surface area (TPSA) is 77.2 Å². The van der Waals surface area contributed by atoms with Gasteiger partial charge in [0.2, 0.25) is 0 Å². The summed E-state index contributed by atoms with van der Waals surface area (Å²) in [6, 6.07) is 3.22. The van der Waals surface area contributed by atoms with E-state index >= 15 is 0 Å². The molecule has 1 rings (SSSR count). The monoisotopic (exact) mass is 251 g/mol. The number of anilines is 2. The number of nitrogens with two attached hydrogens (primary N) is 1. The summed E-state index contributed by atoms with van der Waals surface area (Å²) in [5.74, 6) is 0.665. The van der Waals surface area contributed by atoms with Gasteiger partial charge in [0, 0.05) is 6.54 Å². The van der Waals surface area contributed by atoms with Crippen LogP contribution in [0, 0.1) is 5.92 Å². The van der Waals surface area contributed by atoms with Gasteiger partial charge >= 0.3 is 5.97 Å².